The molecule has 0 amide bonds. The van der Waals surface area contributed by atoms with Crippen LogP contribution in [0.15, 0.2) is 28.5 Å². The molecule has 2 aromatic rings. The summed E-state index contributed by atoms with van der Waals surface area (Å²) in [5, 5.41) is 3.90. The van der Waals surface area contributed by atoms with Gasteiger partial charge < -0.3 is 0 Å². The number of aryl methyl sites for hydroxylation is 1. The minimum Gasteiger partial charge on any atom is -0.253 e. The van der Waals surface area contributed by atoms with E-state index in [9.17, 15) is 0 Å². The quantitative estimate of drug-likeness (QED) is 0.537. The lowest BCUT2D eigenvalue weighted by molar-refractivity contribution is 0.469. The lowest BCUT2D eigenvalue weighted by Gasteiger charge is -2.05. The van der Waals surface area contributed by atoms with Gasteiger partial charge in [0, 0.05) is 17.0 Å². The predicted molar refractivity (Wildman–Crippen MR) is 99.2 cm³/mol. The molecule has 2 nitrogen and oxygen atoms in total. The highest BCUT2D eigenvalue weighted by Gasteiger charge is 1.96. The zero-order chi connectivity index (χ0) is 16.9. The van der Waals surface area contributed by atoms with Gasteiger partial charge in [0.1, 0.15) is 0 Å². The third-order valence-corrected chi connectivity index (χ3v) is 2.09. The SMILES string of the molecule is CC(C)(C)C.CC(C)(C)C.Cc1ccsn1.c1cscn1. The second-order valence-electron chi connectivity index (χ2n) is 7.82. The van der Waals surface area contributed by atoms with Crippen LogP contribution >= 0.6 is 22.9 Å². The van der Waals surface area contributed by atoms with E-state index in [0.29, 0.717) is 10.8 Å². The lowest BCUT2D eigenvalue weighted by Crippen LogP contribution is -1.93. The maximum absolute atomic E-state index is 3.96. The maximum Gasteiger partial charge on any atom is 0.0791 e. The predicted octanol–water partition coefficient (Wildman–Crippen LogP) is 6.70. The first-order chi connectivity index (χ1) is 9.39. The molecule has 0 spiro atoms. The first kappa shape index (κ1) is 22.5. The zero-order valence-corrected chi connectivity index (χ0v) is 16.7. The Kier molecular flexibility index (Phi) is 12.7. The van der Waals surface area contributed by atoms with E-state index in [1.807, 2.05) is 23.8 Å². The van der Waals surface area contributed by atoms with E-state index < -0.39 is 0 Å². The number of nitrogens with zero attached hydrogens (tertiary/aromatic N) is 2. The molecular formula is C17H32N2S2. The second-order valence-corrected chi connectivity index (χ2v) is 9.24. The van der Waals surface area contributed by atoms with E-state index in [2.05, 4.69) is 64.7 Å². The molecule has 0 aliphatic rings. The van der Waals surface area contributed by atoms with Crippen LogP contribution in [0.4, 0.5) is 0 Å². The lowest BCUT2D eigenvalue weighted by atomic mass is 10.0. The van der Waals surface area contributed by atoms with E-state index >= 15 is 0 Å². The first-order valence-corrected chi connectivity index (χ1v) is 8.86. The van der Waals surface area contributed by atoms with Crippen molar-refractivity contribution in [2.45, 2.75) is 62.3 Å². The van der Waals surface area contributed by atoms with E-state index in [-0.39, 0.29) is 0 Å². The molecule has 2 heterocycles. The summed E-state index contributed by atoms with van der Waals surface area (Å²) in [5.41, 5.74) is 3.90. The summed E-state index contributed by atoms with van der Waals surface area (Å²) in [7, 11) is 0. The van der Waals surface area contributed by atoms with Gasteiger partial charge in [-0.2, -0.15) is 4.37 Å². The highest BCUT2D eigenvalue weighted by molar-refractivity contribution is 7.07. The molecule has 0 N–H and O–H groups in total. The fourth-order valence-electron chi connectivity index (χ4n) is 0.449. The largest absolute Gasteiger partial charge is 0.253 e. The van der Waals surface area contributed by atoms with Crippen molar-refractivity contribution >= 4 is 22.9 Å². The van der Waals surface area contributed by atoms with Crippen LogP contribution in [0.25, 0.3) is 0 Å². The Morgan fingerprint density at radius 1 is 0.857 bits per heavy atom. The number of hydrogen-bond donors (Lipinski definition) is 0. The monoisotopic (exact) mass is 328 g/mol. The maximum atomic E-state index is 3.96. The van der Waals surface area contributed by atoms with Crippen molar-refractivity contribution in [2.75, 3.05) is 0 Å². The van der Waals surface area contributed by atoms with Crippen molar-refractivity contribution in [3.63, 3.8) is 0 Å². The van der Waals surface area contributed by atoms with Crippen LogP contribution in [0.5, 0.6) is 0 Å². The molecule has 0 saturated carbocycles. The number of aromatic nitrogens is 2. The number of rotatable bonds is 0. The van der Waals surface area contributed by atoms with Crippen molar-refractivity contribution in [2.24, 2.45) is 10.8 Å². The Hall–Kier alpha value is -0.740. The molecule has 0 fully saturated rings. The smallest absolute Gasteiger partial charge is 0.0791 e. The van der Waals surface area contributed by atoms with Gasteiger partial charge in [0.2, 0.25) is 0 Å². The van der Waals surface area contributed by atoms with Gasteiger partial charge in [-0.3, -0.25) is 4.98 Å². The van der Waals surface area contributed by atoms with Gasteiger partial charge in [-0.05, 0) is 35.4 Å². The first-order valence-electron chi connectivity index (χ1n) is 7.09. The topological polar surface area (TPSA) is 25.8 Å². The minimum absolute atomic E-state index is 0.500. The number of hydrogen-bond acceptors (Lipinski definition) is 4. The van der Waals surface area contributed by atoms with Gasteiger partial charge in [0.15, 0.2) is 0 Å². The number of thiazole rings is 1. The summed E-state index contributed by atoms with van der Waals surface area (Å²) in [6, 6.07) is 1.99. The van der Waals surface area contributed by atoms with Crippen LogP contribution in [0.3, 0.4) is 0 Å². The van der Waals surface area contributed by atoms with Crippen LogP contribution < -0.4 is 0 Å². The average Bonchev–Trinajstić information content (AvgIpc) is 2.84. The molecule has 0 unspecified atom stereocenters. The molecule has 122 valence electrons. The molecular weight excluding hydrogens is 296 g/mol. The molecule has 0 aromatic carbocycles. The Labute approximate surface area is 139 Å². The average molecular weight is 329 g/mol. The van der Waals surface area contributed by atoms with Crippen LogP contribution in [0.2, 0.25) is 0 Å². The molecule has 0 aliphatic heterocycles. The minimum atomic E-state index is 0.500. The van der Waals surface area contributed by atoms with Crippen LogP contribution in [-0.4, -0.2) is 9.36 Å². The van der Waals surface area contributed by atoms with Gasteiger partial charge in [-0.25, -0.2) is 0 Å². The fourth-order valence-corrected chi connectivity index (χ4v) is 1.35. The van der Waals surface area contributed by atoms with Gasteiger partial charge in [0.05, 0.1) is 11.2 Å². The summed E-state index contributed by atoms with van der Waals surface area (Å²) in [4.78, 5) is 3.74. The third kappa shape index (κ3) is 45.3. The van der Waals surface area contributed by atoms with Crippen LogP contribution in [0, 0.1) is 17.8 Å². The molecule has 0 atom stereocenters. The molecule has 0 saturated heterocycles. The molecule has 2 rings (SSSR count). The molecule has 0 radical (unpaired) electrons. The Morgan fingerprint density at radius 2 is 1.33 bits per heavy atom. The summed E-state index contributed by atoms with van der Waals surface area (Å²) in [6.45, 7) is 19.5. The Balaban J connectivity index is 0. The summed E-state index contributed by atoms with van der Waals surface area (Å²) in [6.07, 6.45) is 1.77. The van der Waals surface area contributed by atoms with Gasteiger partial charge in [0.25, 0.3) is 0 Å². The molecule has 2 aromatic heterocycles. The van der Waals surface area contributed by atoms with Gasteiger partial charge in [-0.1, -0.05) is 55.4 Å². The standard InChI is InChI=1S/2C5H12.C4H5NS.C3H3NS/c2*1-5(2,3)4;1-4-2-3-6-5-4;1-2-5-3-4-1/h2*1-4H3;2-3H,1H3;1-3H. The Bertz CT molecular complexity index is 352. The van der Waals surface area contributed by atoms with Gasteiger partial charge in [-0.15, -0.1) is 11.3 Å². The van der Waals surface area contributed by atoms with Crippen molar-refractivity contribution in [1.29, 1.82) is 0 Å². The van der Waals surface area contributed by atoms with Crippen LogP contribution in [-0.2, 0) is 0 Å². The molecule has 21 heavy (non-hydrogen) atoms. The third-order valence-electron chi connectivity index (χ3n) is 0.914. The Morgan fingerprint density at radius 3 is 1.43 bits per heavy atom. The van der Waals surface area contributed by atoms with Gasteiger partial charge >= 0.3 is 0 Å². The van der Waals surface area contributed by atoms with E-state index in [4.69, 9.17) is 0 Å². The van der Waals surface area contributed by atoms with E-state index in [0.717, 1.165) is 5.69 Å². The summed E-state index contributed by atoms with van der Waals surface area (Å²) in [5.74, 6) is 0. The normalized spacial score (nSPS) is 10.1. The van der Waals surface area contributed by atoms with E-state index in [1.54, 1.807) is 23.0 Å². The molecule has 0 bridgehead atoms. The van der Waals surface area contributed by atoms with E-state index in [1.165, 1.54) is 11.5 Å². The van der Waals surface area contributed by atoms with Crippen molar-refractivity contribution in [3.8, 4) is 0 Å². The van der Waals surface area contributed by atoms with Crippen LogP contribution in [0.1, 0.15) is 61.1 Å². The molecule has 4 heteroatoms. The van der Waals surface area contributed by atoms with Crippen molar-refractivity contribution in [1.82, 2.24) is 9.36 Å². The highest BCUT2D eigenvalue weighted by Crippen LogP contribution is 2.08. The zero-order valence-electron chi connectivity index (χ0n) is 15.1. The summed E-state index contributed by atoms with van der Waals surface area (Å²) >= 11 is 3.09. The fraction of sp³-hybridized carbons (Fsp3) is 0.647. The highest BCUT2D eigenvalue weighted by atomic mass is 32.1. The van der Waals surface area contributed by atoms with Crippen molar-refractivity contribution < 1.29 is 0 Å². The van der Waals surface area contributed by atoms with Crippen molar-refractivity contribution in [3.05, 3.63) is 34.2 Å². The molecule has 0 aliphatic carbocycles. The summed E-state index contributed by atoms with van der Waals surface area (Å²) < 4.78 is 3.96. The second kappa shape index (κ2) is 11.9.